The normalized spacial score (nSPS) is 11.6. The summed E-state index contributed by atoms with van der Waals surface area (Å²) in [6.07, 6.45) is 0. The molecule has 5 heteroatoms. The van der Waals surface area contributed by atoms with Gasteiger partial charge in [0.1, 0.15) is 6.07 Å². The first kappa shape index (κ1) is 30.7. The molecule has 11 aromatic rings. The first-order valence-corrected chi connectivity index (χ1v) is 18.3. The van der Waals surface area contributed by atoms with Gasteiger partial charge in [0.05, 0.1) is 61.7 Å². The van der Waals surface area contributed by atoms with Crippen LogP contribution in [0.2, 0.25) is 0 Å². The van der Waals surface area contributed by atoms with Gasteiger partial charge in [0.2, 0.25) is 0 Å². The quantitative estimate of drug-likeness (QED) is 0.184. The summed E-state index contributed by atoms with van der Waals surface area (Å²) in [5, 5.41) is 27.8. The van der Waals surface area contributed by atoms with Gasteiger partial charge in [0, 0.05) is 49.1 Å². The van der Waals surface area contributed by atoms with E-state index in [4.69, 9.17) is 0 Å². The fraction of sp³-hybridized carbons (Fsp3) is 0. The van der Waals surface area contributed by atoms with E-state index in [2.05, 4.69) is 159 Å². The third-order valence-corrected chi connectivity index (χ3v) is 11.1. The van der Waals surface area contributed by atoms with Crippen molar-refractivity contribution in [2.75, 3.05) is 0 Å². The molecule has 0 amide bonds. The van der Waals surface area contributed by atoms with Crippen molar-refractivity contribution in [3.05, 3.63) is 187 Å². The molecule has 0 N–H and O–H groups in total. The molecule has 0 saturated carbocycles. The molecule has 0 aliphatic rings. The number of hydrogen-bond donors (Lipinski definition) is 0. The number of aromatic nitrogens is 3. The first-order chi connectivity index (χ1) is 27.2. The molecule has 3 aromatic heterocycles. The molecular weight excluding hydrogens is 671 g/mol. The Balaban J connectivity index is 1.23. The van der Waals surface area contributed by atoms with Crippen molar-refractivity contribution >= 4 is 65.4 Å². The molecule has 0 saturated heterocycles. The highest BCUT2D eigenvalue weighted by Gasteiger charge is 2.22. The average molecular weight is 700 g/mol. The number of para-hydroxylation sites is 7. The summed E-state index contributed by atoms with van der Waals surface area (Å²) < 4.78 is 6.93. The molecule has 0 unspecified atom stereocenters. The summed E-state index contributed by atoms with van der Waals surface area (Å²) in [5.74, 6) is 0. The number of nitrogens with zero attached hydrogens (tertiary/aromatic N) is 5. The largest absolute Gasteiger partial charge is 0.307 e. The van der Waals surface area contributed by atoms with Crippen LogP contribution < -0.4 is 0 Å². The van der Waals surface area contributed by atoms with E-state index in [1.54, 1.807) is 0 Å². The Labute approximate surface area is 316 Å². The molecular formula is C50H29N5. The Hall–Kier alpha value is -7.86. The Morgan fingerprint density at radius 2 is 0.800 bits per heavy atom. The van der Waals surface area contributed by atoms with Crippen molar-refractivity contribution in [2.24, 2.45) is 0 Å². The lowest BCUT2D eigenvalue weighted by atomic mass is 9.97. The molecule has 0 aliphatic carbocycles. The van der Waals surface area contributed by atoms with Crippen molar-refractivity contribution in [2.45, 2.75) is 0 Å². The molecule has 0 spiro atoms. The van der Waals surface area contributed by atoms with Crippen LogP contribution in [0.15, 0.2) is 176 Å². The third-order valence-electron chi connectivity index (χ3n) is 11.1. The van der Waals surface area contributed by atoms with Crippen molar-refractivity contribution < 1.29 is 0 Å². The molecule has 3 heterocycles. The zero-order chi connectivity index (χ0) is 36.6. The SMILES string of the molecule is N#Cc1ccc(-n2c3ccccc3c3cccc(-n4c5ccccc5c5ccccc54)c32)cc1-c1ccccc1-n1c2ccccc2c2cccc(C#N)c21. The maximum absolute atomic E-state index is 10.7. The van der Waals surface area contributed by atoms with E-state index < -0.39 is 0 Å². The minimum absolute atomic E-state index is 0.570. The molecule has 0 aliphatic heterocycles. The van der Waals surface area contributed by atoms with Crippen LogP contribution in [0.5, 0.6) is 0 Å². The zero-order valence-corrected chi connectivity index (χ0v) is 29.5. The van der Waals surface area contributed by atoms with Gasteiger partial charge in [-0.3, -0.25) is 0 Å². The Bertz CT molecular complexity index is 3420. The van der Waals surface area contributed by atoms with E-state index in [9.17, 15) is 10.5 Å². The van der Waals surface area contributed by atoms with Crippen LogP contribution in [-0.2, 0) is 0 Å². The van der Waals surface area contributed by atoms with Gasteiger partial charge in [0.15, 0.2) is 0 Å². The second-order valence-corrected chi connectivity index (χ2v) is 13.9. The summed E-state index contributed by atoms with van der Waals surface area (Å²) in [7, 11) is 0. The molecule has 5 nitrogen and oxygen atoms in total. The van der Waals surface area contributed by atoms with Gasteiger partial charge in [-0.05, 0) is 60.7 Å². The van der Waals surface area contributed by atoms with Gasteiger partial charge in [-0.2, -0.15) is 10.5 Å². The monoisotopic (exact) mass is 699 g/mol. The summed E-state index contributed by atoms with van der Waals surface area (Å²) >= 11 is 0. The fourth-order valence-electron chi connectivity index (χ4n) is 8.88. The van der Waals surface area contributed by atoms with E-state index in [0.29, 0.717) is 11.1 Å². The van der Waals surface area contributed by atoms with Crippen molar-refractivity contribution in [3.63, 3.8) is 0 Å². The van der Waals surface area contributed by atoms with Crippen molar-refractivity contribution in [1.29, 1.82) is 10.5 Å². The van der Waals surface area contributed by atoms with E-state index >= 15 is 0 Å². The predicted molar refractivity (Wildman–Crippen MR) is 224 cm³/mol. The Morgan fingerprint density at radius 3 is 1.44 bits per heavy atom. The smallest absolute Gasteiger partial charge is 0.101 e. The maximum atomic E-state index is 10.7. The van der Waals surface area contributed by atoms with Gasteiger partial charge >= 0.3 is 0 Å². The molecule has 254 valence electrons. The van der Waals surface area contributed by atoms with Crippen LogP contribution in [0.4, 0.5) is 0 Å². The van der Waals surface area contributed by atoms with E-state index in [1.807, 2.05) is 42.5 Å². The number of fused-ring (bicyclic) bond motifs is 9. The van der Waals surface area contributed by atoms with Crippen LogP contribution in [0.1, 0.15) is 11.1 Å². The molecule has 0 atom stereocenters. The van der Waals surface area contributed by atoms with Gasteiger partial charge in [-0.25, -0.2) is 0 Å². The number of hydrogen-bond acceptors (Lipinski definition) is 2. The minimum atomic E-state index is 0.570. The molecule has 0 radical (unpaired) electrons. The van der Waals surface area contributed by atoms with E-state index in [0.717, 1.165) is 82.8 Å². The van der Waals surface area contributed by atoms with Gasteiger partial charge in [-0.15, -0.1) is 0 Å². The highest BCUT2D eigenvalue weighted by Crippen LogP contribution is 2.42. The lowest BCUT2D eigenvalue weighted by molar-refractivity contribution is 1.13. The van der Waals surface area contributed by atoms with Crippen molar-refractivity contribution in [3.8, 4) is 40.3 Å². The standard InChI is InChI=1S/C50H29N5/c51-30-32-27-28-34(29-42(32)39-18-5-10-25-47(39)55-46-24-9-4-16-37(46)40-19-11-13-33(31-52)49(40)55)53-43-21-6-3-17-38(43)41-20-12-26-48(50(41)53)54-44-22-7-1-14-35(44)36-15-2-8-23-45(36)54/h1-29H. The van der Waals surface area contributed by atoms with Gasteiger partial charge < -0.3 is 13.7 Å². The van der Waals surface area contributed by atoms with Crippen LogP contribution in [0, 0.1) is 22.7 Å². The predicted octanol–water partition coefficient (Wildman–Crippen LogP) is 12.4. The molecule has 8 aromatic carbocycles. The minimum Gasteiger partial charge on any atom is -0.307 e. The van der Waals surface area contributed by atoms with Crippen molar-refractivity contribution in [1.82, 2.24) is 13.7 Å². The van der Waals surface area contributed by atoms with E-state index in [-0.39, 0.29) is 0 Å². The Kier molecular flexibility index (Phi) is 6.61. The fourth-order valence-corrected chi connectivity index (χ4v) is 8.88. The number of rotatable bonds is 4. The molecule has 0 fully saturated rings. The van der Waals surface area contributed by atoms with Gasteiger partial charge in [0.25, 0.3) is 0 Å². The molecule has 55 heavy (non-hydrogen) atoms. The number of nitriles is 2. The Morgan fingerprint density at radius 1 is 0.327 bits per heavy atom. The van der Waals surface area contributed by atoms with Crippen LogP contribution in [0.25, 0.3) is 93.6 Å². The first-order valence-electron chi connectivity index (χ1n) is 18.3. The lowest BCUT2D eigenvalue weighted by Crippen LogP contribution is -2.02. The third kappa shape index (κ3) is 4.33. The summed E-state index contributed by atoms with van der Waals surface area (Å²) in [5.41, 5.74) is 12.1. The summed E-state index contributed by atoms with van der Waals surface area (Å²) in [6, 6.07) is 65.9. The zero-order valence-electron chi connectivity index (χ0n) is 29.5. The van der Waals surface area contributed by atoms with Crippen LogP contribution >= 0.6 is 0 Å². The second kappa shape index (κ2) is 11.8. The van der Waals surface area contributed by atoms with Crippen LogP contribution in [-0.4, -0.2) is 13.7 Å². The second-order valence-electron chi connectivity index (χ2n) is 13.9. The maximum Gasteiger partial charge on any atom is 0.101 e. The van der Waals surface area contributed by atoms with E-state index in [1.165, 1.54) is 10.8 Å². The molecule has 11 rings (SSSR count). The summed E-state index contributed by atoms with van der Waals surface area (Å²) in [4.78, 5) is 0. The highest BCUT2D eigenvalue weighted by atomic mass is 15.1. The average Bonchev–Trinajstić information content (AvgIpc) is 3.89. The molecule has 0 bridgehead atoms. The summed E-state index contributed by atoms with van der Waals surface area (Å²) in [6.45, 7) is 0. The lowest BCUT2D eigenvalue weighted by Gasteiger charge is -2.18. The number of benzene rings is 8. The van der Waals surface area contributed by atoms with Gasteiger partial charge in [-0.1, -0.05) is 115 Å². The van der Waals surface area contributed by atoms with Crippen LogP contribution in [0.3, 0.4) is 0 Å². The topological polar surface area (TPSA) is 62.4 Å². The highest BCUT2D eigenvalue weighted by molar-refractivity contribution is 6.15.